The molecule has 2 saturated heterocycles. The van der Waals surface area contributed by atoms with Crippen LogP contribution in [0.15, 0.2) is 47.5 Å². The largest absolute Gasteiger partial charge is 0.372 e. The van der Waals surface area contributed by atoms with E-state index in [4.69, 9.17) is 11.6 Å². The third kappa shape index (κ3) is 5.23. The molecule has 33 heavy (non-hydrogen) atoms. The summed E-state index contributed by atoms with van der Waals surface area (Å²) in [6, 6.07) is 13.1. The van der Waals surface area contributed by atoms with Gasteiger partial charge in [-0.15, -0.1) is 0 Å². The Morgan fingerprint density at radius 1 is 1.15 bits per heavy atom. The molecular weight excluding hydrogens is 478 g/mol. The first-order valence-corrected chi connectivity index (χ1v) is 14.2. The quantitative estimate of drug-likeness (QED) is 0.581. The van der Waals surface area contributed by atoms with Crippen LogP contribution in [0.25, 0.3) is 0 Å². The van der Waals surface area contributed by atoms with Gasteiger partial charge >= 0.3 is 0 Å². The molecule has 4 rings (SSSR count). The normalized spacial score (nSPS) is 22.5. The second-order valence-corrected chi connectivity index (χ2v) is 12.2. The Balaban J connectivity index is 1.66. The number of aryl methyl sites for hydroxylation is 1. The van der Waals surface area contributed by atoms with E-state index in [1.54, 1.807) is 12.1 Å². The van der Waals surface area contributed by atoms with Crippen molar-refractivity contribution in [1.29, 1.82) is 0 Å². The summed E-state index contributed by atoms with van der Waals surface area (Å²) in [7, 11) is -3.12. The number of nitrogens with zero attached hydrogens (tertiary/aromatic N) is 3. The van der Waals surface area contributed by atoms with E-state index in [1.165, 1.54) is 11.8 Å². The average molecular weight is 506 g/mol. The molecule has 2 heterocycles. The Morgan fingerprint density at radius 3 is 2.48 bits per heavy atom. The van der Waals surface area contributed by atoms with Crippen LogP contribution in [-0.2, 0) is 21.1 Å². The van der Waals surface area contributed by atoms with E-state index in [2.05, 4.69) is 35.9 Å². The van der Waals surface area contributed by atoms with Crippen LogP contribution in [0.1, 0.15) is 25.0 Å². The number of aliphatic imine (C=N–C) groups is 1. The SMILES string of the molecule is CCN(CC)c1ccc(N2C(=NC(=O)Cc3ccc(Cl)cc3)S[C@@H]3CS(=O)(=O)C[C@@H]32)c(C)c1. The molecule has 2 atom stereocenters. The maximum Gasteiger partial charge on any atom is 0.252 e. The van der Waals surface area contributed by atoms with E-state index in [0.29, 0.717) is 10.2 Å². The van der Waals surface area contributed by atoms with Gasteiger partial charge in [0.1, 0.15) is 0 Å². The average Bonchev–Trinajstić information content (AvgIpc) is 3.22. The second kappa shape index (κ2) is 9.68. The van der Waals surface area contributed by atoms with Crippen molar-refractivity contribution < 1.29 is 13.2 Å². The summed E-state index contributed by atoms with van der Waals surface area (Å²) in [5.41, 5.74) is 3.90. The fraction of sp³-hybridized carbons (Fsp3) is 0.417. The summed E-state index contributed by atoms with van der Waals surface area (Å²) in [5, 5.41) is 1.07. The van der Waals surface area contributed by atoms with Crippen molar-refractivity contribution in [2.45, 2.75) is 38.5 Å². The van der Waals surface area contributed by atoms with Gasteiger partial charge < -0.3 is 9.80 Å². The number of benzene rings is 2. The molecule has 0 bridgehead atoms. The molecule has 9 heteroatoms. The maximum atomic E-state index is 12.8. The summed E-state index contributed by atoms with van der Waals surface area (Å²) in [5.74, 6) is -0.0726. The molecule has 0 saturated carbocycles. The van der Waals surface area contributed by atoms with Crippen LogP contribution in [0, 0.1) is 6.92 Å². The summed E-state index contributed by atoms with van der Waals surface area (Å²) in [4.78, 5) is 21.5. The lowest BCUT2D eigenvalue weighted by Gasteiger charge is -2.28. The number of thioether (sulfide) groups is 1. The molecule has 2 aliphatic rings. The smallest absolute Gasteiger partial charge is 0.252 e. The van der Waals surface area contributed by atoms with Crippen LogP contribution in [0.2, 0.25) is 5.02 Å². The molecule has 0 aliphatic carbocycles. The Labute approximate surface area is 204 Å². The Bertz CT molecular complexity index is 1180. The Hall–Kier alpha value is -2.03. The van der Waals surface area contributed by atoms with Crippen LogP contribution in [-0.4, -0.2) is 55.4 Å². The lowest BCUT2D eigenvalue weighted by molar-refractivity contribution is -0.117. The van der Waals surface area contributed by atoms with Crippen LogP contribution in [0.3, 0.4) is 0 Å². The minimum Gasteiger partial charge on any atom is -0.372 e. The number of rotatable bonds is 6. The first-order valence-electron chi connectivity index (χ1n) is 11.1. The molecule has 176 valence electrons. The van der Waals surface area contributed by atoms with Gasteiger partial charge in [0.05, 0.1) is 24.0 Å². The predicted molar refractivity (Wildman–Crippen MR) is 139 cm³/mol. The monoisotopic (exact) mass is 505 g/mol. The Kier molecular flexibility index (Phi) is 7.07. The van der Waals surface area contributed by atoms with Crippen molar-refractivity contribution >= 4 is 55.6 Å². The summed E-state index contributed by atoms with van der Waals surface area (Å²) in [6.07, 6.45) is 0.169. The summed E-state index contributed by atoms with van der Waals surface area (Å²) >= 11 is 7.34. The predicted octanol–water partition coefficient (Wildman–Crippen LogP) is 4.34. The van der Waals surface area contributed by atoms with Gasteiger partial charge in [0, 0.05) is 34.7 Å². The minimum absolute atomic E-state index is 0.0757. The molecule has 0 unspecified atom stereocenters. The van der Waals surface area contributed by atoms with E-state index >= 15 is 0 Å². The standard InChI is InChI=1S/C24H28ClN3O3S2/c1-4-27(5-2)19-10-11-20(16(3)12-19)28-21-14-33(30,31)15-22(21)32-24(28)26-23(29)13-17-6-8-18(25)9-7-17/h6-12,21-22H,4-5,13-15H2,1-3H3/t21-,22+/m0/s1. The van der Waals surface area contributed by atoms with Crippen LogP contribution in [0.5, 0.6) is 0 Å². The highest BCUT2D eigenvalue weighted by Gasteiger charge is 2.49. The second-order valence-electron chi connectivity index (χ2n) is 8.40. The van der Waals surface area contributed by atoms with Gasteiger partial charge in [-0.1, -0.05) is 35.5 Å². The molecule has 0 N–H and O–H groups in total. The molecule has 1 amide bonds. The van der Waals surface area contributed by atoms with Crippen LogP contribution >= 0.6 is 23.4 Å². The van der Waals surface area contributed by atoms with Crippen molar-refractivity contribution in [2.75, 3.05) is 34.4 Å². The van der Waals surface area contributed by atoms with E-state index in [-0.39, 0.29) is 35.1 Å². The van der Waals surface area contributed by atoms with Gasteiger partial charge in [-0.05, 0) is 62.2 Å². The topological polar surface area (TPSA) is 70.0 Å². The molecule has 0 radical (unpaired) electrons. The first-order chi connectivity index (χ1) is 15.7. The van der Waals surface area contributed by atoms with Crippen LogP contribution < -0.4 is 9.80 Å². The number of halogens is 1. The molecule has 2 aromatic carbocycles. The molecule has 0 aromatic heterocycles. The van der Waals surface area contributed by atoms with Crippen molar-refractivity contribution in [1.82, 2.24) is 0 Å². The van der Waals surface area contributed by atoms with Gasteiger partial charge in [0.25, 0.3) is 5.91 Å². The first kappa shape index (κ1) is 24.1. The number of carbonyl (C=O) groups excluding carboxylic acids is 1. The third-order valence-corrected chi connectivity index (χ3v) is 9.59. The van der Waals surface area contributed by atoms with Crippen molar-refractivity contribution in [3.63, 3.8) is 0 Å². The highest BCUT2D eigenvalue weighted by atomic mass is 35.5. The zero-order chi connectivity index (χ0) is 23.8. The minimum atomic E-state index is -3.12. The number of amides is 1. The summed E-state index contributed by atoms with van der Waals surface area (Å²) < 4.78 is 24.7. The molecular formula is C24H28ClN3O3S2. The third-order valence-electron chi connectivity index (χ3n) is 6.12. The Morgan fingerprint density at radius 2 is 1.85 bits per heavy atom. The molecule has 2 aliphatic heterocycles. The van der Waals surface area contributed by atoms with E-state index in [1.807, 2.05) is 30.0 Å². The number of hydrogen-bond donors (Lipinski definition) is 0. The molecule has 2 fully saturated rings. The van der Waals surface area contributed by atoms with Gasteiger partial charge in [-0.3, -0.25) is 4.79 Å². The van der Waals surface area contributed by atoms with Gasteiger partial charge in [0.15, 0.2) is 15.0 Å². The summed E-state index contributed by atoms with van der Waals surface area (Å²) in [6.45, 7) is 8.08. The van der Waals surface area contributed by atoms with Crippen LogP contribution in [0.4, 0.5) is 11.4 Å². The van der Waals surface area contributed by atoms with E-state index in [9.17, 15) is 13.2 Å². The van der Waals surface area contributed by atoms with Gasteiger partial charge in [-0.25, -0.2) is 8.42 Å². The lowest BCUT2D eigenvalue weighted by Crippen LogP contribution is -2.38. The number of anilines is 2. The number of sulfone groups is 1. The number of amidine groups is 1. The zero-order valence-electron chi connectivity index (χ0n) is 19.0. The van der Waals surface area contributed by atoms with Gasteiger partial charge in [-0.2, -0.15) is 4.99 Å². The molecule has 0 spiro atoms. The van der Waals surface area contributed by atoms with E-state index in [0.717, 1.165) is 35.6 Å². The maximum absolute atomic E-state index is 12.8. The fourth-order valence-corrected chi connectivity index (χ4v) is 8.51. The van der Waals surface area contributed by atoms with E-state index < -0.39 is 9.84 Å². The highest BCUT2D eigenvalue weighted by molar-refractivity contribution is 8.16. The number of carbonyl (C=O) groups is 1. The van der Waals surface area contributed by atoms with Crippen molar-refractivity contribution in [2.24, 2.45) is 4.99 Å². The zero-order valence-corrected chi connectivity index (χ0v) is 21.4. The van der Waals surface area contributed by atoms with Crippen molar-refractivity contribution in [3.8, 4) is 0 Å². The highest BCUT2D eigenvalue weighted by Crippen LogP contribution is 2.42. The van der Waals surface area contributed by atoms with Crippen molar-refractivity contribution in [3.05, 3.63) is 58.6 Å². The molecule has 6 nitrogen and oxygen atoms in total. The molecule has 2 aromatic rings. The lowest BCUT2D eigenvalue weighted by atomic mass is 10.1. The number of hydrogen-bond acceptors (Lipinski definition) is 5. The van der Waals surface area contributed by atoms with Gasteiger partial charge in [0.2, 0.25) is 0 Å². The number of fused-ring (bicyclic) bond motifs is 1. The fourth-order valence-electron chi connectivity index (χ4n) is 4.46.